The molecule has 0 spiro atoms. The van der Waals surface area contributed by atoms with Crippen LogP contribution in [0.25, 0.3) is 0 Å². The van der Waals surface area contributed by atoms with Crippen LogP contribution in [0.4, 0.5) is 0 Å². The van der Waals surface area contributed by atoms with Gasteiger partial charge in [-0.1, -0.05) is 24.3 Å². The third-order valence-corrected chi connectivity index (χ3v) is 4.50. The van der Waals surface area contributed by atoms with Gasteiger partial charge in [-0.3, -0.25) is 4.68 Å². The van der Waals surface area contributed by atoms with Gasteiger partial charge in [-0.25, -0.2) is 0 Å². The first-order valence-corrected chi connectivity index (χ1v) is 8.30. The third kappa shape index (κ3) is 3.39. The number of aromatic nitrogens is 2. The van der Waals surface area contributed by atoms with E-state index in [1.807, 2.05) is 0 Å². The minimum Gasteiger partial charge on any atom is -0.371 e. The normalized spacial score (nSPS) is 21.9. The summed E-state index contributed by atoms with van der Waals surface area (Å²) in [5, 5.41) is 8.05. The van der Waals surface area contributed by atoms with Crippen molar-refractivity contribution in [2.45, 2.75) is 31.9 Å². The van der Waals surface area contributed by atoms with E-state index in [2.05, 4.69) is 51.6 Å². The molecule has 2 aliphatic rings. The molecule has 0 radical (unpaired) electrons. The molecule has 1 atom stereocenters. The van der Waals surface area contributed by atoms with E-state index in [0.717, 1.165) is 44.3 Å². The SMILES string of the molecule is c1cc(C2CNCCO2)ccc1Cc1ccn(CC2CC2)n1. The van der Waals surface area contributed by atoms with Crippen molar-refractivity contribution in [1.82, 2.24) is 15.1 Å². The zero-order valence-electron chi connectivity index (χ0n) is 12.9. The fraction of sp³-hybridized carbons (Fsp3) is 0.500. The Morgan fingerprint density at radius 2 is 2.05 bits per heavy atom. The number of hydrogen-bond donors (Lipinski definition) is 1. The molecule has 4 rings (SSSR count). The minimum absolute atomic E-state index is 0.195. The van der Waals surface area contributed by atoms with Crippen molar-refractivity contribution in [3.05, 3.63) is 53.3 Å². The summed E-state index contributed by atoms with van der Waals surface area (Å²) in [6.07, 6.45) is 5.95. The second kappa shape index (κ2) is 6.23. The Balaban J connectivity index is 1.38. The molecule has 1 saturated carbocycles. The van der Waals surface area contributed by atoms with E-state index >= 15 is 0 Å². The third-order valence-electron chi connectivity index (χ3n) is 4.50. The van der Waals surface area contributed by atoms with Crippen LogP contribution in [0, 0.1) is 5.92 Å². The van der Waals surface area contributed by atoms with Crippen molar-refractivity contribution >= 4 is 0 Å². The Hall–Kier alpha value is -1.65. The molecule has 0 bridgehead atoms. The first kappa shape index (κ1) is 14.0. The van der Waals surface area contributed by atoms with Gasteiger partial charge in [-0.05, 0) is 36.0 Å². The highest BCUT2D eigenvalue weighted by molar-refractivity contribution is 5.27. The number of rotatable bonds is 5. The van der Waals surface area contributed by atoms with Crippen molar-refractivity contribution in [1.29, 1.82) is 0 Å². The van der Waals surface area contributed by atoms with Crippen molar-refractivity contribution in [3.63, 3.8) is 0 Å². The van der Waals surface area contributed by atoms with E-state index in [-0.39, 0.29) is 6.10 Å². The van der Waals surface area contributed by atoms with Gasteiger partial charge in [0.25, 0.3) is 0 Å². The summed E-state index contributed by atoms with van der Waals surface area (Å²) in [7, 11) is 0. The molecule has 4 heteroatoms. The van der Waals surface area contributed by atoms with E-state index in [9.17, 15) is 0 Å². The van der Waals surface area contributed by atoms with Crippen LogP contribution in [0.5, 0.6) is 0 Å². The number of benzene rings is 1. The molecule has 2 heterocycles. The lowest BCUT2D eigenvalue weighted by atomic mass is 10.0. The van der Waals surface area contributed by atoms with Crippen LogP contribution in [-0.4, -0.2) is 29.5 Å². The number of hydrogen-bond acceptors (Lipinski definition) is 3. The summed E-state index contributed by atoms with van der Waals surface area (Å²) < 4.78 is 7.89. The quantitative estimate of drug-likeness (QED) is 0.922. The summed E-state index contributed by atoms with van der Waals surface area (Å²) >= 11 is 0. The Morgan fingerprint density at radius 1 is 1.18 bits per heavy atom. The molecular formula is C18H23N3O. The maximum atomic E-state index is 5.79. The topological polar surface area (TPSA) is 39.1 Å². The van der Waals surface area contributed by atoms with E-state index in [4.69, 9.17) is 4.74 Å². The molecular weight excluding hydrogens is 274 g/mol. The Morgan fingerprint density at radius 3 is 2.77 bits per heavy atom. The largest absolute Gasteiger partial charge is 0.371 e. The monoisotopic (exact) mass is 297 g/mol. The standard InChI is InChI=1S/C18H23N3O/c1-2-15(1)13-21-9-7-17(20-21)11-14-3-5-16(6-4-14)18-12-19-8-10-22-18/h3-7,9,15,18-19H,1-2,8,10-13H2. The van der Waals surface area contributed by atoms with Gasteiger partial charge in [0, 0.05) is 32.3 Å². The summed E-state index contributed by atoms with van der Waals surface area (Å²) in [5.74, 6) is 0.871. The lowest BCUT2D eigenvalue weighted by Gasteiger charge is -2.24. The molecule has 1 N–H and O–H groups in total. The highest BCUT2D eigenvalue weighted by Gasteiger charge is 2.22. The first-order chi connectivity index (χ1) is 10.9. The Labute approximate surface area is 131 Å². The Kier molecular flexibility index (Phi) is 3.95. The maximum absolute atomic E-state index is 5.79. The molecule has 1 aliphatic carbocycles. The number of morpholine rings is 1. The van der Waals surface area contributed by atoms with Crippen LogP contribution < -0.4 is 5.32 Å². The highest BCUT2D eigenvalue weighted by atomic mass is 16.5. The number of ether oxygens (including phenoxy) is 1. The zero-order valence-corrected chi connectivity index (χ0v) is 12.9. The smallest absolute Gasteiger partial charge is 0.0949 e. The zero-order chi connectivity index (χ0) is 14.8. The minimum atomic E-state index is 0.195. The van der Waals surface area contributed by atoms with Gasteiger partial charge in [0.1, 0.15) is 0 Å². The second-order valence-electron chi connectivity index (χ2n) is 6.45. The van der Waals surface area contributed by atoms with Gasteiger partial charge in [-0.15, -0.1) is 0 Å². The molecule has 2 aromatic rings. The van der Waals surface area contributed by atoms with Gasteiger partial charge in [0.15, 0.2) is 0 Å². The van der Waals surface area contributed by atoms with Gasteiger partial charge in [-0.2, -0.15) is 5.10 Å². The lowest BCUT2D eigenvalue weighted by Crippen LogP contribution is -2.33. The summed E-state index contributed by atoms with van der Waals surface area (Å²) in [6, 6.07) is 10.9. The van der Waals surface area contributed by atoms with Crippen LogP contribution in [0.3, 0.4) is 0 Å². The van der Waals surface area contributed by atoms with Crippen molar-refractivity contribution in [3.8, 4) is 0 Å². The predicted octanol–water partition coefficient (Wildman–Crippen LogP) is 2.54. The summed E-state index contributed by atoms with van der Waals surface area (Å²) in [5.41, 5.74) is 3.73. The van der Waals surface area contributed by atoms with E-state index < -0.39 is 0 Å². The molecule has 1 aliphatic heterocycles. The van der Waals surface area contributed by atoms with Gasteiger partial charge < -0.3 is 10.1 Å². The van der Waals surface area contributed by atoms with E-state index in [1.165, 1.54) is 24.0 Å². The molecule has 1 saturated heterocycles. The summed E-state index contributed by atoms with van der Waals surface area (Å²) in [6.45, 7) is 3.75. The fourth-order valence-corrected chi connectivity index (χ4v) is 3.00. The number of nitrogens with one attached hydrogen (secondary N) is 1. The van der Waals surface area contributed by atoms with Crippen LogP contribution in [0.1, 0.15) is 35.8 Å². The van der Waals surface area contributed by atoms with Crippen LogP contribution in [0.15, 0.2) is 36.5 Å². The van der Waals surface area contributed by atoms with Crippen molar-refractivity contribution < 1.29 is 4.74 Å². The second-order valence-corrected chi connectivity index (χ2v) is 6.45. The molecule has 1 aromatic carbocycles. The van der Waals surface area contributed by atoms with E-state index in [0.29, 0.717) is 0 Å². The lowest BCUT2D eigenvalue weighted by molar-refractivity contribution is 0.0277. The average Bonchev–Trinajstić information content (AvgIpc) is 3.27. The molecule has 0 amide bonds. The van der Waals surface area contributed by atoms with E-state index in [1.54, 1.807) is 0 Å². The van der Waals surface area contributed by atoms with Crippen LogP contribution in [-0.2, 0) is 17.7 Å². The predicted molar refractivity (Wildman–Crippen MR) is 85.8 cm³/mol. The van der Waals surface area contributed by atoms with Crippen molar-refractivity contribution in [2.24, 2.45) is 5.92 Å². The number of nitrogens with zero attached hydrogens (tertiary/aromatic N) is 2. The molecule has 116 valence electrons. The van der Waals surface area contributed by atoms with Gasteiger partial charge in [0.2, 0.25) is 0 Å². The highest BCUT2D eigenvalue weighted by Crippen LogP contribution is 2.30. The fourth-order valence-electron chi connectivity index (χ4n) is 3.00. The molecule has 1 aromatic heterocycles. The van der Waals surface area contributed by atoms with Gasteiger partial charge >= 0.3 is 0 Å². The molecule has 2 fully saturated rings. The Bertz CT molecular complexity index is 610. The first-order valence-electron chi connectivity index (χ1n) is 8.30. The van der Waals surface area contributed by atoms with Crippen LogP contribution >= 0.6 is 0 Å². The molecule has 22 heavy (non-hydrogen) atoms. The molecule has 1 unspecified atom stereocenters. The molecule has 4 nitrogen and oxygen atoms in total. The maximum Gasteiger partial charge on any atom is 0.0949 e. The van der Waals surface area contributed by atoms with Crippen LogP contribution in [0.2, 0.25) is 0 Å². The van der Waals surface area contributed by atoms with Crippen molar-refractivity contribution in [2.75, 3.05) is 19.7 Å². The van der Waals surface area contributed by atoms with Gasteiger partial charge in [0.05, 0.1) is 18.4 Å². The average molecular weight is 297 g/mol. The summed E-state index contributed by atoms with van der Waals surface area (Å²) in [4.78, 5) is 0.